The average molecular weight is 205 g/mol. The van der Waals surface area contributed by atoms with Crippen molar-refractivity contribution in [1.82, 2.24) is 0 Å². The number of hydrogen-bond acceptors (Lipinski definition) is 3. The molecule has 4 N–H and O–H groups in total. The molecule has 0 atom stereocenters. The summed E-state index contributed by atoms with van der Waals surface area (Å²) in [4.78, 5) is 10.3. The van der Waals surface area contributed by atoms with Gasteiger partial charge in [0, 0.05) is 5.56 Å². The Morgan fingerprint density at radius 2 is 1.87 bits per heavy atom. The molecule has 0 saturated carbocycles. The SMILES string of the molecule is NC(=O)CN=N/N=C(\N)c1ccccc1. The van der Waals surface area contributed by atoms with E-state index in [9.17, 15) is 4.79 Å². The van der Waals surface area contributed by atoms with Gasteiger partial charge in [-0.3, -0.25) is 4.79 Å². The lowest BCUT2D eigenvalue weighted by molar-refractivity contribution is -0.116. The molecule has 0 fully saturated rings. The van der Waals surface area contributed by atoms with Crippen molar-refractivity contribution in [3.05, 3.63) is 35.9 Å². The zero-order valence-electron chi connectivity index (χ0n) is 8.00. The summed E-state index contributed by atoms with van der Waals surface area (Å²) in [6.07, 6.45) is 0. The van der Waals surface area contributed by atoms with Crippen molar-refractivity contribution in [3.63, 3.8) is 0 Å². The molecule has 0 heterocycles. The van der Waals surface area contributed by atoms with Gasteiger partial charge >= 0.3 is 0 Å². The molecule has 78 valence electrons. The molecule has 0 saturated heterocycles. The van der Waals surface area contributed by atoms with Crippen molar-refractivity contribution in [1.29, 1.82) is 0 Å². The Balaban J connectivity index is 2.61. The molecule has 0 unspecified atom stereocenters. The van der Waals surface area contributed by atoms with Crippen LogP contribution in [-0.2, 0) is 4.79 Å². The highest BCUT2D eigenvalue weighted by Gasteiger charge is 1.94. The maximum atomic E-state index is 10.3. The molecule has 0 aliphatic carbocycles. The van der Waals surface area contributed by atoms with Crippen molar-refractivity contribution in [3.8, 4) is 0 Å². The van der Waals surface area contributed by atoms with Crippen LogP contribution < -0.4 is 11.5 Å². The second-order valence-corrected chi connectivity index (χ2v) is 2.71. The number of benzene rings is 1. The molecule has 1 amide bonds. The van der Waals surface area contributed by atoms with Crippen LogP contribution in [0.3, 0.4) is 0 Å². The van der Waals surface area contributed by atoms with Gasteiger partial charge in [0.15, 0.2) is 5.84 Å². The molecule has 0 aliphatic heterocycles. The predicted molar refractivity (Wildman–Crippen MR) is 56.1 cm³/mol. The fourth-order valence-corrected chi connectivity index (χ4v) is 0.848. The van der Waals surface area contributed by atoms with Gasteiger partial charge in [0.05, 0.1) is 0 Å². The Labute approximate surface area is 86.7 Å². The van der Waals surface area contributed by atoms with Gasteiger partial charge in [-0.15, -0.1) is 5.10 Å². The van der Waals surface area contributed by atoms with Gasteiger partial charge in [-0.25, -0.2) is 0 Å². The summed E-state index contributed by atoms with van der Waals surface area (Å²) in [6, 6.07) is 9.12. The van der Waals surface area contributed by atoms with E-state index in [0.717, 1.165) is 5.56 Å². The van der Waals surface area contributed by atoms with Crippen LogP contribution in [-0.4, -0.2) is 18.3 Å². The maximum absolute atomic E-state index is 10.3. The maximum Gasteiger partial charge on any atom is 0.241 e. The highest BCUT2D eigenvalue weighted by Crippen LogP contribution is 1.97. The highest BCUT2D eigenvalue weighted by atomic mass is 16.1. The van der Waals surface area contributed by atoms with Crippen molar-refractivity contribution < 1.29 is 4.79 Å². The monoisotopic (exact) mass is 205 g/mol. The second kappa shape index (κ2) is 5.48. The molecule has 1 rings (SSSR count). The molecule has 6 nitrogen and oxygen atoms in total. The Morgan fingerprint density at radius 1 is 1.20 bits per heavy atom. The first kappa shape index (κ1) is 10.8. The summed E-state index contributed by atoms with van der Waals surface area (Å²) in [5.41, 5.74) is 11.2. The van der Waals surface area contributed by atoms with E-state index in [1.807, 2.05) is 18.2 Å². The molecule has 6 heteroatoms. The lowest BCUT2D eigenvalue weighted by atomic mass is 10.2. The largest absolute Gasteiger partial charge is 0.382 e. The first-order valence-corrected chi connectivity index (χ1v) is 4.24. The summed E-state index contributed by atoms with van der Waals surface area (Å²) in [7, 11) is 0. The third-order valence-corrected chi connectivity index (χ3v) is 1.51. The van der Waals surface area contributed by atoms with E-state index in [1.54, 1.807) is 12.1 Å². The standard InChI is InChI=1S/C9H11N5O/c10-8(15)6-12-14-13-9(11)7-4-2-1-3-5-7/h1-5H,6H2,(H2,10,15)(H2,11,12,13). The number of amides is 1. The summed E-state index contributed by atoms with van der Waals surface area (Å²) >= 11 is 0. The lowest BCUT2D eigenvalue weighted by Gasteiger charge is -1.95. The molecule has 0 aliphatic rings. The number of primary amides is 1. The molecule has 1 aromatic carbocycles. The Bertz CT molecular complexity index is 385. The van der Waals surface area contributed by atoms with Crippen LogP contribution in [0, 0.1) is 0 Å². The minimum atomic E-state index is -0.563. The Morgan fingerprint density at radius 3 is 2.47 bits per heavy atom. The van der Waals surface area contributed by atoms with E-state index >= 15 is 0 Å². The number of carbonyl (C=O) groups is 1. The third-order valence-electron chi connectivity index (χ3n) is 1.51. The molecule has 1 aromatic rings. The van der Waals surface area contributed by atoms with Crippen molar-refractivity contribution in [2.45, 2.75) is 0 Å². The first-order valence-electron chi connectivity index (χ1n) is 4.24. The summed E-state index contributed by atoms with van der Waals surface area (Å²) < 4.78 is 0. The molecule has 0 aromatic heterocycles. The van der Waals surface area contributed by atoms with E-state index in [1.165, 1.54) is 0 Å². The van der Waals surface area contributed by atoms with Crippen LogP contribution in [0.1, 0.15) is 5.56 Å². The zero-order chi connectivity index (χ0) is 11.1. The van der Waals surface area contributed by atoms with Gasteiger partial charge in [-0.1, -0.05) is 30.3 Å². The quantitative estimate of drug-likeness (QED) is 0.318. The van der Waals surface area contributed by atoms with Crippen LogP contribution in [0.5, 0.6) is 0 Å². The summed E-state index contributed by atoms with van der Waals surface area (Å²) in [5.74, 6) is -0.323. The lowest BCUT2D eigenvalue weighted by Crippen LogP contribution is -2.14. The minimum Gasteiger partial charge on any atom is -0.382 e. The first-order chi connectivity index (χ1) is 7.20. The molecular weight excluding hydrogens is 194 g/mol. The summed E-state index contributed by atoms with van der Waals surface area (Å²) in [5, 5.41) is 10.4. The number of carbonyl (C=O) groups excluding carboxylic acids is 1. The van der Waals surface area contributed by atoms with Crippen molar-refractivity contribution in [2.24, 2.45) is 26.9 Å². The second-order valence-electron chi connectivity index (χ2n) is 2.71. The van der Waals surface area contributed by atoms with E-state index < -0.39 is 5.91 Å². The van der Waals surface area contributed by atoms with E-state index in [-0.39, 0.29) is 12.4 Å². The number of rotatable bonds is 4. The molecule has 0 bridgehead atoms. The summed E-state index contributed by atoms with van der Waals surface area (Å²) in [6.45, 7) is -0.189. The third kappa shape index (κ3) is 3.99. The van der Waals surface area contributed by atoms with Gasteiger partial charge in [-0.05, 0) is 5.22 Å². The zero-order valence-corrected chi connectivity index (χ0v) is 8.00. The minimum absolute atomic E-state index is 0.189. The predicted octanol–water partition coefficient (Wildman–Crippen LogP) is 0.244. The number of nitrogens with zero attached hydrogens (tertiary/aromatic N) is 3. The van der Waals surface area contributed by atoms with E-state index in [2.05, 4.69) is 15.4 Å². The van der Waals surface area contributed by atoms with Gasteiger partial charge in [0.1, 0.15) is 6.54 Å². The number of hydrogen-bond donors (Lipinski definition) is 2. The fraction of sp³-hybridized carbons (Fsp3) is 0.111. The van der Waals surface area contributed by atoms with Crippen LogP contribution in [0.25, 0.3) is 0 Å². The van der Waals surface area contributed by atoms with Crippen LogP contribution in [0.15, 0.2) is 45.8 Å². The Hall–Kier alpha value is -2.24. The number of nitrogens with two attached hydrogens (primary N) is 2. The molecular formula is C9H11N5O. The van der Waals surface area contributed by atoms with E-state index in [0.29, 0.717) is 0 Å². The molecule has 15 heavy (non-hydrogen) atoms. The fourth-order valence-electron chi connectivity index (χ4n) is 0.848. The Kier molecular flexibility index (Phi) is 3.96. The van der Waals surface area contributed by atoms with Crippen molar-refractivity contribution in [2.75, 3.05) is 6.54 Å². The van der Waals surface area contributed by atoms with E-state index in [4.69, 9.17) is 11.5 Å². The molecule has 0 spiro atoms. The van der Waals surface area contributed by atoms with Gasteiger partial charge in [0.2, 0.25) is 5.91 Å². The van der Waals surface area contributed by atoms with Crippen LogP contribution in [0.2, 0.25) is 0 Å². The van der Waals surface area contributed by atoms with Crippen LogP contribution >= 0.6 is 0 Å². The van der Waals surface area contributed by atoms with Crippen molar-refractivity contribution >= 4 is 11.7 Å². The van der Waals surface area contributed by atoms with Gasteiger partial charge in [0.25, 0.3) is 0 Å². The average Bonchev–Trinajstić information content (AvgIpc) is 2.25. The number of amidine groups is 1. The normalized spacial score (nSPS) is 11.9. The van der Waals surface area contributed by atoms with Crippen LogP contribution in [0.4, 0.5) is 0 Å². The smallest absolute Gasteiger partial charge is 0.241 e. The molecule has 0 radical (unpaired) electrons. The van der Waals surface area contributed by atoms with Gasteiger partial charge in [-0.2, -0.15) is 5.11 Å². The van der Waals surface area contributed by atoms with Gasteiger partial charge < -0.3 is 11.5 Å². The highest BCUT2D eigenvalue weighted by molar-refractivity contribution is 5.97. The topological polar surface area (TPSA) is 106 Å².